The average molecular weight is 379 g/mol. The molecule has 0 bridgehead atoms. The molecule has 6 nitrogen and oxygen atoms in total. The number of nitrogens with zero attached hydrogens (tertiary/aromatic N) is 4. The first kappa shape index (κ1) is 13.8. The molecule has 0 spiro atoms. The Bertz CT molecular complexity index is 1250. The van der Waals surface area contributed by atoms with Gasteiger partial charge in [-0.2, -0.15) is 5.10 Å². The van der Waals surface area contributed by atoms with Gasteiger partial charge in [0.05, 0.1) is 22.3 Å². The number of thiophene rings is 1. The van der Waals surface area contributed by atoms with Crippen molar-refractivity contribution in [2.75, 3.05) is 11.9 Å². The standard InChI is InChI=1S/C20H16N4O2S/c1-13(25)23(2)15-6-3-5-14(11-15)17-8-9-21-20-16(12-22-24(17)20)19(26)18-7-4-10-27-18/h3-12H,1-2H3/i2D3. The second-order valence-corrected chi connectivity index (χ2v) is 6.78. The first-order valence-corrected chi connectivity index (χ1v) is 8.97. The van der Waals surface area contributed by atoms with Gasteiger partial charge in [-0.25, -0.2) is 9.50 Å². The van der Waals surface area contributed by atoms with Crippen LogP contribution >= 0.6 is 11.3 Å². The SMILES string of the molecule is [2H]C([2H])([2H])N(C(C)=O)c1cccc(-c2ccnc3c(C(=O)c4cccs4)cnn23)c1. The molecule has 0 aliphatic rings. The molecule has 0 fully saturated rings. The second-order valence-electron chi connectivity index (χ2n) is 5.83. The fourth-order valence-corrected chi connectivity index (χ4v) is 3.47. The minimum absolute atomic E-state index is 0.163. The zero-order valence-corrected chi connectivity index (χ0v) is 15.1. The van der Waals surface area contributed by atoms with Crippen LogP contribution in [0.5, 0.6) is 0 Å². The van der Waals surface area contributed by atoms with Gasteiger partial charge in [-0.15, -0.1) is 11.3 Å². The Labute approximate surface area is 163 Å². The molecule has 7 heteroatoms. The van der Waals surface area contributed by atoms with Gasteiger partial charge in [0.15, 0.2) is 5.65 Å². The zero-order chi connectivity index (χ0) is 21.5. The van der Waals surface area contributed by atoms with E-state index in [1.165, 1.54) is 29.0 Å². The van der Waals surface area contributed by atoms with E-state index in [9.17, 15) is 9.59 Å². The predicted octanol–water partition coefficient (Wildman–Crippen LogP) is 3.67. The lowest BCUT2D eigenvalue weighted by atomic mass is 10.1. The molecular formula is C20H16N4O2S. The maximum absolute atomic E-state index is 12.8. The van der Waals surface area contributed by atoms with Gasteiger partial charge in [0.25, 0.3) is 0 Å². The van der Waals surface area contributed by atoms with E-state index < -0.39 is 12.9 Å². The van der Waals surface area contributed by atoms with E-state index in [2.05, 4.69) is 10.1 Å². The van der Waals surface area contributed by atoms with Gasteiger partial charge in [0, 0.05) is 35.5 Å². The van der Waals surface area contributed by atoms with Gasteiger partial charge in [-0.3, -0.25) is 9.59 Å². The van der Waals surface area contributed by atoms with Gasteiger partial charge in [0.1, 0.15) is 0 Å². The Morgan fingerprint density at radius 3 is 2.85 bits per heavy atom. The largest absolute Gasteiger partial charge is 0.316 e. The highest BCUT2D eigenvalue weighted by Gasteiger charge is 2.18. The van der Waals surface area contributed by atoms with Crippen LogP contribution in [-0.2, 0) is 4.79 Å². The smallest absolute Gasteiger partial charge is 0.223 e. The summed E-state index contributed by atoms with van der Waals surface area (Å²) in [5, 5.41) is 6.16. The lowest BCUT2D eigenvalue weighted by Crippen LogP contribution is -2.22. The molecule has 3 aromatic heterocycles. The average Bonchev–Trinajstić information content (AvgIpc) is 3.36. The molecule has 3 heterocycles. The number of aromatic nitrogens is 3. The van der Waals surface area contributed by atoms with E-state index in [1.54, 1.807) is 48.7 Å². The van der Waals surface area contributed by atoms with Crippen LogP contribution in [0.2, 0.25) is 0 Å². The fraction of sp³-hybridized carbons (Fsp3) is 0.100. The van der Waals surface area contributed by atoms with Crippen molar-refractivity contribution in [3.05, 3.63) is 70.7 Å². The van der Waals surface area contributed by atoms with Gasteiger partial charge in [-0.1, -0.05) is 18.2 Å². The summed E-state index contributed by atoms with van der Waals surface area (Å²) >= 11 is 1.34. The third-order valence-electron chi connectivity index (χ3n) is 4.11. The summed E-state index contributed by atoms with van der Waals surface area (Å²) in [5.74, 6) is -0.751. The first-order chi connectivity index (χ1) is 14.3. The van der Waals surface area contributed by atoms with Crippen LogP contribution in [0.25, 0.3) is 16.9 Å². The number of benzene rings is 1. The normalized spacial score (nSPS) is 13.0. The van der Waals surface area contributed by atoms with Crippen LogP contribution < -0.4 is 4.90 Å². The Morgan fingerprint density at radius 2 is 2.11 bits per heavy atom. The van der Waals surface area contributed by atoms with Crippen LogP contribution in [0.15, 0.2) is 60.2 Å². The lowest BCUT2D eigenvalue weighted by molar-refractivity contribution is -0.116. The Morgan fingerprint density at radius 1 is 1.22 bits per heavy atom. The van der Waals surface area contributed by atoms with Gasteiger partial charge in [0.2, 0.25) is 11.7 Å². The van der Waals surface area contributed by atoms with Crippen LogP contribution in [0.4, 0.5) is 5.69 Å². The Balaban J connectivity index is 1.82. The van der Waals surface area contributed by atoms with E-state index in [0.717, 1.165) is 4.90 Å². The van der Waals surface area contributed by atoms with E-state index in [-0.39, 0.29) is 11.5 Å². The minimum Gasteiger partial charge on any atom is -0.316 e. The highest BCUT2D eigenvalue weighted by Crippen LogP contribution is 2.26. The summed E-state index contributed by atoms with van der Waals surface area (Å²) in [7, 11) is 0. The molecule has 0 atom stereocenters. The molecule has 0 aliphatic heterocycles. The van der Waals surface area contributed by atoms with Gasteiger partial charge < -0.3 is 4.90 Å². The first-order valence-electron chi connectivity index (χ1n) is 9.59. The van der Waals surface area contributed by atoms with Crippen LogP contribution in [-0.4, -0.2) is 33.3 Å². The summed E-state index contributed by atoms with van der Waals surface area (Å²) in [6.45, 7) is -1.40. The monoisotopic (exact) mass is 379 g/mol. The zero-order valence-electron chi connectivity index (χ0n) is 17.3. The summed E-state index contributed by atoms with van der Waals surface area (Å²) in [5.41, 5.74) is 2.26. The molecule has 0 saturated heterocycles. The summed E-state index contributed by atoms with van der Waals surface area (Å²) < 4.78 is 24.5. The third kappa shape index (κ3) is 3.02. The molecule has 27 heavy (non-hydrogen) atoms. The van der Waals surface area contributed by atoms with E-state index >= 15 is 0 Å². The molecule has 0 aliphatic carbocycles. The molecule has 0 N–H and O–H groups in total. The number of fused-ring (bicyclic) bond motifs is 1. The molecule has 1 amide bonds. The summed E-state index contributed by atoms with van der Waals surface area (Å²) in [4.78, 5) is 30.4. The Kier molecular flexibility index (Phi) is 3.47. The highest BCUT2D eigenvalue weighted by molar-refractivity contribution is 7.12. The van der Waals surface area contributed by atoms with Crippen molar-refractivity contribution in [3.63, 3.8) is 0 Å². The third-order valence-corrected chi connectivity index (χ3v) is 4.97. The molecule has 0 saturated carbocycles. The molecule has 0 unspecified atom stereocenters. The van der Waals surface area contributed by atoms with Crippen molar-refractivity contribution >= 4 is 34.4 Å². The van der Waals surface area contributed by atoms with Crippen molar-refractivity contribution < 1.29 is 13.7 Å². The lowest BCUT2D eigenvalue weighted by Gasteiger charge is -2.16. The summed E-state index contributed by atoms with van der Waals surface area (Å²) in [6, 6.07) is 11.9. The number of carbonyl (C=O) groups excluding carboxylic acids is 2. The topological polar surface area (TPSA) is 67.6 Å². The van der Waals surface area contributed by atoms with Crippen molar-refractivity contribution in [2.24, 2.45) is 0 Å². The van der Waals surface area contributed by atoms with E-state index in [0.29, 0.717) is 27.3 Å². The van der Waals surface area contributed by atoms with Gasteiger partial charge >= 0.3 is 0 Å². The van der Waals surface area contributed by atoms with Crippen molar-refractivity contribution in [1.82, 2.24) is 14.6 Å². The number of hydrogen-bond donors (Lipinski definition) is 0. The highest BCUT2D eigenvalue weighted by atomic mass is 32.1. The quantitative estimate of drug-likeness (QED) is 0.508. The molecular weight excluding hydrogens is 360 g/mol. The maximum atomic E-state index is 12.8. The van der Waals surface area contributed by atoms with Crippen LogP contribution in [0.3, 0.4) is 0 Å². The molecule has 1 aromatic carbocycles. The van der Waals surface area contributed by atoms with Crippen LogP contribution in [0.1, 0.15) is 26.3 Å². The summed E-state index contributed by atoms with van der Waals surface area (Å²) in [6.07, 6.45) is 3.04. The number of rotatable bonds is 4. The van der Waals surface area contributed by atoms with E-state index in [1.807, 2.05) is 5.38 Å². The van der Waals surface area contributed by atoms with Crippen molar-refractivity contribution in [2.45, 2.75) is 6.92 Å². The molecule has 4 aromatic rings. The number of amides is 1. The number of ketones is 1. The van der Waals surface area contributed by atoms with E-state index in [4.69, 9.17) is 4.11 Å². The second kappa shape index (κ2) is 6.77. The minimum atomic E-state index is -2.61. The molecule has 0 radical (unpaired) electrons. The Hall–Kier alpha value is -3.32. The van der Waals surface area contributed by atoms with Crippen molar-refractivity contribution in [3.8, 4) is 11.3 Å². The molecule has 4 rings (SSSR count). The maximum Gasteiger partial charge on any atom is 0.223 e. The predicted molar refractivity (Wildman–Crippen MR) is 105 cm³/mol. The van der Waals surface area contributed by atoms with Crippen LogP contribution in [0, 0.1) is 0 Å². The molecule has 134 valence electrons. The fourth-order valence-electron chi connectivity index (χ4n) is 2.80. The number of hydrogen-bond acceptors (Lipinski definition) is 5. The number of anilines is 1. The van der Waals surface area contributed by atoms with Gasteiger partial charge in [-0.05, 0) is 29.6 Å². The number of carbonyl (C=O) groups is 2. The van der Waals surface area contributed by atoms with Crippen molar-refractivity contribution in [1.29, 1.82) is 0 Å².